The van der Waals surface area contributed by atoms with E-state index in [2.05, 4.69) is 46.1 Å². The number of pyridine rings is 1. The van der Waals surface area contributed by atoms with Gasteiger partial charge in [-0.05, 0) is 61.2 Å². The zero-order valence-electron chi connectivity index (χ0n) is 17.0. The Morgan fingerprint density at radius 1 is 0.867 bits per heavy atom. The van der Waals surface area contributed by atoms with E-state index in [0.717, 1.165) is 29.4 Å². The number of carbonyl (C=O) groups excluding carboxylic acids is 1. The summed E-state index contributed by atoms with van der Waals surface area (Å²) in [5.41, 5.74) is 4.48. The summed E-state index contributed by atoms with van der Waals surface area (Å²) in [6.45, 7) is 2.65. The third-order valence-corrected chi connectivity index (χ3v) is 5.31. The van der Waals surface area contributed by atoms with Crippen molar-refractivity contribution < 1.29 is 4.79 Å². The maximum absolute atomic E-state index is 13.5. The Balaban J connectivity index is 1.58. The minimum Gasteiger partial charge on any atom is -0.332 e. The summed E-state index contributed by atoms with van der Waals surface area (Å²) in [5.74, 6) is -0.0000676. The second-order valence-electron chi connectivity index (χ2n) is 7.42. The van der Waals surface area contributed by atoms with Crippen LogP contribution in [-0.2, 0) is 13.0 Å². The lowest BCUT2D eigenvalue weighted by Gasteiger charge is -2.30. The summed E-state index contributed by atoms with van der Waals surface area (Å²) in [7, 11) is 0. The molecule has 30 heavy (non-hydrogen) atoms. The van der Waals surface area contributed by atoms with Crippen molar-refractivity contribution in [1.29, 1.82) is 0 Å². The topological polar surface area (TPSA) is 59.0 Å². The lowest BCUT2D eigenvalue weighted by Crippen LogP contribution is -2.38. The first-order valence-electron chi connectivity index (χ1n) is 10.2. The predicted molar refractivity (Wildman–Crippen MR) is 118 cm³/mol. The van der Waals surface area contributed by atoms with Gasteiger partial charge < -0.3 is 4.90 Å². The Morgan fingerprint density at radius 2 is 1.60 bits per heavy atom. The van der Waals surface area contributed by atoms with Crippen molar-refractivity contribution >= 4 is 16.9 Å². The molecule has 2 heterocycles. The molecular formula is C25H24N4O. The van der Waals surface area contributed by atoms with Crippen LogP contribution in [0.1, 0.15) is 34.8 Å². The quantitative estimate of drug-likeness (QED) is 0.455. The number of amides is 1. The summed E-state index contributed by atoms with van der Waals surface area (Å²) < 4.78 is 0. The first-order chi connectivity index (χ1) is 14.7. The van der Waals surface area contributed by atoms with Gasteiger partial charge in [0.1, 0.15) is 0 Å². The molecule has 0 unspecified atom stereocenters. The fourth-order valence-corrected chi connectivity index (χ4v) is 3.55. The van der Waals surface area contributed by atoms with Gasteiger partial charge in [0.2, 0.25) is 0 Å². The van der Waals surface area contributed by atoms with E-state index in [4.69, 9.17) is 0 Å². The molecule has 5 heteroatoms. The molecule has 0 saturated heterocycles. The average molecular weight is 396 g/mol. The minimum atomic E-state index is -0.0000676. The molecule has 0 spiro atoms. The predicted octanol–water partition coefficient (Wildman–Crippen LogP) is 4.69. The summed E-state index contributed by atoms with van der Waals surface area (Å²) >= 11 is 0. The molecule has 0 saturated carbocycles. The van der Waals surface area contributed by atoms with E-state index in [1.165, 1.54) is 5.56 Å². The SMILES string of the molecule is C[C@H](CCc1ccccc1)N(Cc1ccncc1)C(=O)c1ccc2nccnc2c1. The van der Waals surface area contributed by atoms with E-state index in [0.29, 0.717) is 12.1 Å². The van der Waals surface area contributed by atoms with Gasteiger partial charge in [-0.3, -0.25) is 19.7 Å². The molecule has 4 rings (SSSR count). The van der Waals surface area contributed by atoms with Crippen LogP contribution in [0.5, 0.6) is 0 Å². The molecule has 0 N–H and O–H groups in total. The molecule has 150 valence electrons. The molecule has 0 aliphatic rings. The smallest absolute Gasteiger partial charge is 0.254 e. The van der Waals surface area contributed by atoms with Gasteiger partial charge in [-0.25, -0.2) is 0 Å². The highest BCUT2D eigenvalue weighted by Crippen LogP contribution is 2.19. The van der Waals surface area contributed by atoms with Crippen LogP contribution in [0.15, 0.2) is 85.5 Å². The molecule has 2 aromatic carbocycles. The molecule has 0 bridgehead atoms. The van der Waals surface area contributed by atoms with Crippen molar-refractivity contribution in [2.24, 2.45) is 0 Å². The van der Waals surface area contributed by atoms with Gasteiger partial charge >= 0.3 is 0 Å². The van der Waals surface area contributed by atoms with Gasteiger partial charge in [0.05, 0.1) is 11.0 Å². The summed E-state index contributed by atoms with van der Waals surface area (Å²) in [5, 5.41) is 0. The molecule has 5 nitrogen and oxygen atoms in total. The fraction of sp³-hybridized carbons (Fsp3) is 0.200. The maximum atomic E-state index is 13.5. The lowest BCUT2D eigenvalue weighted by atomic mass is 10.0. The van der Waals surface area contributed by atoms with Crippen molar-refractivity contribution in [2.75, 3.05) is 0 Å². The zero-order chi connectivity index (χ0) is 20.8. The summed E-state index contributed by atoms with van der Waals surface area (Å²) in [4.78, 5) is 28.2. The van der Waals surface area contributed by atoms with E-state index < -0.39 is 0 Å². The van der Waals surface area contributed by atoms with Crippen LogP contribution in [0.4, 0.5) is 0 Å². The Morgan fingerprint density at radius 3 is 2.37 bits per heavy atom. The number of hydrogen-bond acceptors (Lipinski definition) is 4. The molecule has 0 radical (unpaired) electrons. The van der Waals surface area contributed by atoms with Crippen LogP contribution in [-0.4, -0.2) is 31.8 Å². The summed E-state index contributed by atoms with van der Waals surface area (Å²) in [6.07, 6.45) is 8.63. The Hall–Kier alpha value is -3.60. The van der Waals surface area contributed by atoms with Crippen LogP contribution < -0.4 is 0 Å². The van der Waals surface area contributed by atoms with Crippen molar-refractivity contribution in [1.82, 2.24) is 19.9 Å². The number of aryl methyl sites for hydroxylation is 1. The highest BCUT2D eigenvalue weighted by atomic mass is 16.2. The minimum absolute atomic E-state index is 0.0000676. The van der Waals surface area contributed by atoms with Crippen molar-refractivity contribution in [3.63, 3.8) is 0 Å². The number of rotatable bonds is 7. The van der Waals surface area contributed by atoms with E-state index in [1.54, 1.807) is 24.8 Å². The zero-order valence-corrected chi connectivity index (χ0v) is 17.0. The molecule has 0 aliphatic heterocycles. The number of aromatic nitrogens is 3. The highest BCUT2D eigenvalue weighted by Gasteiger charge is 2.22. The van der Waals surface area contributed by atoms with Crippen LogP contribution in [0.25, 0.3) is 11.0 Å². The van der Waals surface area contributed by atoms with E-state index in [9.17, 15) is 4.79 Å². The van der Waals surface area contributed by atoms with Crippen molar-refractivity contribution in [3.8, 4) is 0 Å². The second kappa shape index (κ2) is 9.27. The third-order valence-electron chi connectivity index (χ3n) is 5.31. The third kappa shape index (κ3) is 4.69. The van der Waals surface area contributed by atoms with E-state index in [-0.39, 0.29) is 11.9 Å². The molecule has 1 atom stereocenters. The highest BCUT2D eigenvalue weighted by molar-refractivity contribution is 5.97. The van der Waals surface area contributed by atoms with Gasteiger partial charge in [-0.1, -0.05) is 30.3 Å². The van der Waals surface area contributed by atoms with Crippen LogP contribution in [0, 0.1) is 0 Å². The monoisotopic (exact) mass is 396 g/mol. The molecule has 1 amide bonds. The van der Waals surface area contributed by atoms with Crippen molar-refractivity contribution in [2.45, 2.75) is 32.4 Å². The normalized spacial score (nSPS) is 11.9. The lowest BCUT2D eigenvalue weighted by molar-refractivity contribution is 0.0667. The average Bonchev–Trinajstić information content (AvgIpc) is 2.81. The fourth-order valence-electron chi connectivity index (χ4n) is 3.55. The molecular weight excluding hydrogens is 372 g/mol. The Kier molecular flexibility index (Phi) is 6.09. The first kappa shape index (κ1) is 19.7. The van der Waals surface area contributed by atoms with Crippen LogP contribution in [0.3, 0.4) is 0 Å². The number of carbonyl (C=O) groups is 1. The standard InChI is InChI=1S/C25H24N4O/c1-19(7-8-20-5-3-2-4-6-20)29(18-21-11-13-26-14-12-21)25(30)22-9-10-23-24(17-22)28-16-15-27-23/h2-6,9-17,19H,7-8,18H2,1H3/t19-/m1/s1. The van der Waals surface area contributed by atoms with Gasteiger partial charge in [0.15, 0.2) is 0 Å². The molecule has 2 aromatic heterocycles. The number of hydrogen-bond donors (Lipinski definition) is 0. The van der Waals surface area contributed by atoms with Gasteiger partial charge in [0.25, 0.3) is 5.91 Å². The molecule has 4 aromatic rings. The first-order valence-corrected chi connectivity index (χ1v) is 10.2. The Labute approximate surface area is 176 Å². The number of fused-ring (bicyclic) bond motifs is 1. The Bertz CT molecular complexity index is 1120. The van der Waals surface area contributed by atoms with Crippen molar-refractivity contribution in [3.05, 3.63) is 102 Å². The van der Waals surface area contributed by atoms with Crippen LogP contribution in [0.2, 0.25) is 0 Å². The van der Waals surface area contributed by atoms with Gasteiger partial charge in [-0.15, -0.1) is 0 Å². The van der Waals surface area contributed by atoms with Gasteiger partial charge in [0, 0.05) is 42.9 Å². The largest absolute Gasteiger partial charge is 0.332 e. The molecule has 0 aliphatic carbocycles. The second-order valence-corrected chi connectivity index (χ2v) is 7.42. The van der Waals surface area contributed by atoms with E-state index in [1.807, 2.05) is 41.3 Å². The van der Waals surface area contributed by atoms with E-state index >= 15 is 0 Å². The van der Waals surface area contributed by atoms with Crippen LogP contribution >= 0.6 is 0 Å². The number of benzene rings is 2. The number of nitrogens with zero attached hydrogens (tertiary/aromatic N) is 4. The maximum Gasteiger partial charge on any atom is 0.254 e. The summed E-state index contributed by atoms with van der Waals surface area (Å²) in [6, 6.07) is 19.9. The van der Waals surface area contributed by atoms with Gasteiger partial charge in [-0.2, -0.15) is 0 Å². The molecule has 0 fully saturated rings.